The zero-order valence-electron chi connectivity index (χ0n) is 16.1. The zero-order chi connectivity index (χ0) is 18.2. The van der Waals surface area contributed by atoms with E-state index in [9.17, 15) is 0 Å². The summed E-state index contributed by atoms with van der Waals surface area (Å²) in [4.78, 5) is 9.62. The third-order valence-corrected chi connectivity index (χ3v) is 5.07. The molecule has 144 valence electrons. The maximum Gasteiger partial charge on any atom is 0.194 e. The molecule has 2 aliphatic rings. The number of nitrogens with zero attached hydrogens (tertiary/aromatic N) is 3. The summed E-state index contributed by atoms with van der Waals surface area (Å²) in [7, 11) is 1.72. The molecule has 0 saturated carbocycles. The van der Waals surface area contributed by atoms with Crippen LogP contribution in [0, 0.1) is 0 Å². The van der Waals surface area contributed by atoms with Crippen LogP contribution in [0.1, 0.15) is 26.2 Å². The Morgan fingerprint density at radius 3 is 2.85 bits per heavy atom. The van der Waals surface area contributed by atoms with Crippen LogP contribution in [0.2, 0.25) is 0 Å². The minimum atomic E-state index is 0.409. The van der Waals surface area contributed by atoms with Gasteiger partial charge in [0.05, 0.1) is 13.2 Å². The molecular weight excluding hydrogens is 328 g/mol. The minimum Gasteiger partial charge on any atom is -0.497 e. The van der Waals surface area contributed by atoms with Gasteiger partial charge in [0.2, 0.25) is 0 Å². The molecule has 2 saturated heterocycles. The van der Waals surface area contributed by atoms with E-state index in [1.54, 1.807) is 7.11 Å². The molecule has 1 N–H and O–H groups in total. The van der Waals surface area contributed by atoms with E-state index in [0.717, 1.165) is 64.0 Å². The smallest absolute Gasteiger partial charge is 0.194 e. The Morgan fingerprint density at radius 2 is 2.15 bits per heavy atom. The van der Waals surface area contributed by atoms with Crippen molar-refractivity contribution in [3.8, 4) is 5.75 Å². The number of aliphatic imine (C=N–C) groups is 1. The van der Waals surface area contributed by atoms with Gasteiger partial charge in [-0.05, 0) is 38.3 Å². The molecule has 2 aliphatic heterocycles. The second kappa shape index (κ2) is 9.67. The summed E-state index contributed by atoms with van der Waals surface area (Å²) in [5.74, 6) is 1.95. The lowest BCUT2D eigenvalue weighted by atomic mass is 10.2. The fraction of sp³-hybridized carbons (Fsp3) is 0.650. The number of ether oxygens (including phenoxy) is 2. The summed E-state index contributed by atoms with van der Waals surface area (Å²) in [5, 5.41) is 3.45. The largest absolute Gasteiger partial charge is 0.497 e. The van der Waals surface area contributed by atoms with Crippen molar-refractivity contribution in [1.29, 1.82) is 0 Å². The van der Waals surface area contributed by atoms with Gasteiger partial charge in [-0.2, -0.15) is 0 Å². The SMILES string of the molecule is CCNC(=NCCC1CCCO1)N1CCN(c2cccc(OC)c2)CC1. The molecule has 1 atom stereocenters. The number of benzene rings is 1. The Balaban J connectivity index is 1.53. The standard InChI is InChI=1S/C20H32N4O2/c1-3-21-20(22-10-9-18-8-5-15-26-18)24-13-11-23(12-14-24)17-6-4-7-19(16-17)25-2/h4,6-7,16,18H,3,5,8-15H2,1-2H3,(H,21,22). The molecule has 2 fully saturated rings. The van der Waals surface area contributed by atoms with Crippen LogP contribution >= 0.6 is 0 Å². The first-order valence-corrected chi connectivity index (χ1v) is 9.84. The van der Waals surface area contributed by atoms with Crippen molar-refractivity contribution >= 4 is 11.6 Å². The third kappa shape index (κ3) is 5.04. The molecule has 6 nitrogen and oxygen atoms in total. The number of rotatable bonds is 6. The average Bonchev–Trinajstić information content (AvgIpc) is 3.21. The maximum atomic E-state index is 5.70. The number of hydrogen-bond acceptors (Lipinski definition) is 4. The first kappa shape index (κ1) is 18.8. The van der Waals surface area contributed by atoms with Gasteiger partial charge in [0, 0.05) is 57.6 Å². The topological polar surface area (TPSA) is 49.3 Å². The summed E-state index contributed by atoms with van der Waals surface area (Å²) in [6.45, 7) is 8.71. The van der Waals surface area contributed by atoms with Crippen LogP contribution in [0.3, 0.4) is 0 Å². The molecule has 2 heterocycles. The highest BCUT2D eigenvalue weighted by Gasteiger charge is 2.20. The Labute approximate surface area is 157 Å². The molecule has 26 heavy (non-hydrogen) atoms. The summed E-state index contributed by atoms with van der Waals surface area (Å²) in [6.07, 6.45) is 3.82. The van der Waals surface area contributed by atoms with Crippen LogP contribution in [-0.4, -0.2) is 69.9 Å². The van der Waals surface area contributed by atoms with Crippen LogP contribution in [-0.2, 0) is 4.74 Å². The fourth-order valence-electron chi connectivity index (χ4n) is 3.60. The van der Waals surface area contributed by atoms with Crippen LogP contribution < -0.4 is 15.0 Å². The van der Waals surface area contributed by atoms with E-state index in [-0.39, 0.29) is 0 Å². The minimum absolute atomic E-state index is 0.409. The monoisotopic (exact) mass is 360 g/mol. The molecule has 0 spiro atoms. The molecule has 0 aromatic heterocycles. The first-order valence-electron chi connectivity index (χ1n) is 9.84. The molecule has 0 radical (unpaired) electrons. The van der Waals surface area contributed by atoms with Gasteiger partial charge in [-0.1, -0.05) is 6.07 Å². The lowest BCUT2D eigenvalue weighted by Gasteiger charge is -2.37. The molecular formula is C20H32N4O2. The van der Waals surface area contributed by atoms with Crippen LogP contribution in [0.25, 0.3) is 0 Å². The van der Waals surface area contributed by atoms with E-state index >= 15 is 0 Å². The number of anilines is 1. The van der Waals surface area contributed by atoms with E-state index in [1.807, 2.05) is 6.07 Å². The van der Waals surface area contributed by atoms with Gasteiger partial charge < -0.3 is 24.6 Å². The number of guanidine groups is 1. The Hall–Kier alpha value is -1.95. The molecule has 1 aromatic carbocycles. The van der Waals surface area contributed by atoms with Gasteiger partial charge in [0.15, 0.2) is 5.96 Å². The first-order chi connectivity index (χ1) is 12.8. The van der Waals surface area contributed by atoms with Crippen molar-refractivity contribution in [3.05, 3.63) is 24.3 Å². The molecule has 1 unspecified atom stereocenters. The molecule has 1 aromatic rings. The van der Waals surface area contributed by atoms with E-state index in [4.69, 9.17) is 14.5 Å². The highest BCUT2D eigenvalue weighted by molar-refractivity contribution is 5.80. The molecule has 6 heteroatoms. The number of methoxy groups -OCH3 is 1. The predicted molar refractivity (Wildman–Crippen MR) is 106 cm³/mol. The number of nitrogens with one attached hydrogen (secondary N) is 1. The second-order valence-electron chi connectivity index (χ2n) is 6.83. The number of hydrogen-bond donors (Lipinski definition) is 1. The molecule has 0 amide bonds. The summed E-state index contributed by atoms with van der Waals surface area (Å²) >= 11 is 0. The summed E-state index contributed by atoms with van der Waals surface area (Å²) in [6, 6.07) is 8.30. The Morgan fingerprint density at radius 1 is 1.31 bits per heavy atom. The van der Waals surface area contributed by atoms with Gasteiger partial charge in [0.1, 0.15) is 5.75 Å². The van der Waals surface area contributed by atoms with E-state index < -0.39 is 0 Å². The van der Waals surface area contributed by atoms with Crippen molar-refractivity contribution in [2.75, 3.05) is 57.9 Å². The van der Waals surface area contributed by atoms with Gasteiger partial charge >= 0.3 is 0 Å². The lowest BCUT2D eigenvalue weighted by molar-refractivity contribution is 0.106. The van der Waals surface area contributed by atoms with Gasteiger partial charge in [-0.15, -0.1) is 0 Å². The van der Waals surface area contributed by atoms with E-state index in [2.05, 4.69) is 40.2 Å². The quantitative estimate of drug-likeness (QED) is 0.623. The van der Waals surface area contributed by atoms with E-state index in [0.29, 0.717) is 6.10 Å². The summed E-state index contributed by atoms with van der Waals surface area (Å²) in [5.41, 5.74) is 1.23. The highest BCUT2D eigenvalue weighted by Crippen LogP contribution is 2.22. The fourth-order valence-corrected chi connectivity index (χ4v) is 3.60. The van der Waals surface area contributed by atoms with Crippen LogP contribution in [0.5, 0.6) is 5.75 Å². The van der Waals surface area contributed by atoms with Gasteiger partial charge in [0.25, 0.3) is 0 Å². The lowest BCUT2D eigenvalue weighted by Crippen LogP contribution is -2.52. The van der Waals surface area contributed by atoms with Crippen molar-refractivity contribution in [2.24, 2.45) is 4.99 Å². The molecule has 0 bridgehead atoms. The normalized spacial score (nSPS) is 21.2. The van der Waals surface area contributed by atoms with Crippen molar-refractivity contribution in [2.45, 2.75) is 32.3 Å². The molecule has 0 aliphatic carbocycles. The third-order valence-electron chi connectivity index (χ3n) is 5.07. The van der Waals surface area contributed by atoms with Crippen LogP contribution in [0.15, 0.2) is 29.3 Å². The average molecular weight is 361 g/mol. The summed E-state index contributed by atoms with van der Waals surface area (Å²) < 4.78 is 11.0. The highest BCUT2D eigenvalue weighted by atomic mass is 16.5. The van der Waals surface area contributed by atoms with Gasteiger partial charge in [-0.3, -0.25) is 4.99 Å². The van der Waals surface area contributed by atoms with E-state index in [1.165, 1.54) is 18.5 Å². The van der Waals surface area contributed by atoms with Crippen molar-refractivity contribution in [1.82, 2.24) is 10.2 Å². The van der Waals surface area contributed by atoms with Crippen molar-refractivity contribution < 1.29 is 9.47 Å². The Kier molecular flexibility index (Phi) is 7.00. The Bertz CT molecular complexity index is 579. The zero-order valence-corrected chi connectivity index (χ0v) is 16.1. The van der Waals surface area contributed by atoms with Crippen molar-refractivity contribution in [3.63, 3.8) is 0 Å². The maximum absolute atomic E-state index is 5.70. The molecule has 3 rings (SSSR count). The van der Waals surface area contributed by atoms with Gasteiger partial charge in [-0.25, -0.2) is 0 Å². The second-order valence-corrected chi connectivity index (χ2v) is 6.83. The number of piperazine rings is 1. The van der Waals surface area contributed by atoms with Crippen LogP contribution in [0.4, 0.5) is 5.69 Å². The predicted octanol–water partition coefficient (Wildman–Crippen LogP) is 2.35.